The van der Waals surface area contributed by atoms with Crippen molar-refractivity contribution >= 4 is 11.9 Å². The first-order valence-corrected chi connectivity index (χ1v) is 11.7. The Kier molecular flexibility index (Phi) is 7.40. The average Bonchev–Trinajstić information content (AvgIpc) is 3.19. The molecule has 0 saturated heterocycles. The van der Waals surface area contributed by atoms with Gasteiger partial charge in [0.25, 0.3) is 0 Å². The highest BCUT2D eigenvalue weighted by atomic mass is 19.4. The Balaban J connectivity index is 1.33. The van der Waals surface area contributed by atoms with Crippen LogP contribution in [-0.4, -0.2) is 18.1 Å². The Hall–Kier alpha value is -3.39. The highest BCUT2D eigenvalue weighted by Gasteiger charge is 2.30. The van der Waals surface area contributed by atoms with Crippen molar-refractivity contribution in [3.63, 3.8) is 0 Å². The number of halogens is 3. The molecule has 5 nitrogen and oxygen atoms in total. The summed E-state index contributed by atoms with van der Waals surface area (Å²) in [7, 11) is 1.86. The maximum absolute atomic E-state index is 12.9. The van der Waals surface area contributed by atoms with Crippen LogP contribution in [0.2, 0.25) is 0 Å². The van der Waals surface area contributed by atoms with Crippen molar-refractivity contribution in [2.45, 2.75) is 51.7 Å². The van der Waals surface area contributed by atoms with Crippen LogP contribution in [0.1, 0.15) is 47.9 Å². The summed E-state index contributed by atoms with van der Waals surface area (Å²) < 4.78 is 44.6. The number of hydrogen-bond donors (Lipinski definition) is 3. The first kappa shape index (κ1) is 24.7. The summed E-state index contributed by atoms with van der Waals surface area (Å²) >= 11 is 0. The Bertz CT molecular complexity index is 1190. The van der Waals surface area contributed by atoms with E-state index < -0.39 is 11.7 Å². The van der Waals surface area contributed by atoms with Gasteiger partial charge in [-0.1, -0.05) is 23.8 Å². The lowest BCUT2D eigenvalue weighted by Gasteiger charge is -2.24. The predicted octanol–water partition coefficient (Wildman–Crippen LogP) is 7.39. The van der Waals surface area contributed by atoms with Crippen LogP contribution in [0.5, 0.6) is 17.4 Å². The lowest BCUT2D eigenvalue weighted by Crippen LogP contribution is -2.34. The van der Waals surface area contributed by atoms with Crippen LogP contribution in [0.4, 0.5) is 19.0 Å². The zero-order chi connectivity index (χ0) is 25.0. The summed E-state index contributed by atoms with van der Waals surface area (Å²) in [5.41, 5.74) is 6.37. The van der Waals surface area contributed by atoms with Gasteiger partial charge >= 0.3 is 6.18 Å². The molecule has 1 saturated carbocycles. The minimum Gasteiger partial charge on any atom is -0.457 e. The molecule has 0 radical (unpaired) electrons. The smallest absolute Gasteiger partial charge is 0.416 e. The van der Waals surface area contributed by atoms with Gasteiger partial charge in [0.05, 0.1) is 5.56 Å². The van der Waals surface area contributed by atoms with Crippen molar-refractivity contribution in [1.29, 1.82) is 0 Å². The first-order valence-electron chi connectivity index (χ1n) is 11.7. The van der Waals surface area contributed by atoms with Gasteiger partial charge in [0.1, 0.15) is 17.3 Å². The fourth-order valence-corrected chi connectivity index (χ4v) is 4.21. The molecule has 1 fully saturated rings. The van der Waals surface area contributed by atoms with Crippen molar-refractivity contribution < 1.29 is 22.7 Å². The summed E-state index contributed by atoms with van der Waals surface area (Å²) in [5, 5.41) is 3.09. The number of hydroxylamine groups is 1. The Labute approximate surface area is 203 Å². The van der Waals surface area contributed by atoms with Crippen LogP contribution in [0, 0.1) is 13.8 Å². The SMILES string of the molecule is CNc1[nH]c(ONC2CCC(=Cc3cccc(Oc4ccc(C(F)(F)F)cc4C)c3)CC2)cc1C. The molecule has 0 bridgehead atoms. The van der Waals surface area contributed by atoms with Crippen molar-refractivity contribution in [2.75, 3.05) is 12.4 Å². The van der Waals surface area contributed by atoms with Crippen molar-refractivity contribution in [3.05, 3.63) is 76.4 Å². The third-order valence-corrected chi connectivity index (χ3v) is 6.16. The monoisotopic (exact) mass is 485 g/mol. The molecule has 0 aliphatic heterocycles. The van der Waals surface area contributed by atoms with E-state index >= 15 is 0 Å². The van der Waals surface area contributed by atoms with E-state index in [1.54, 1.807) is 13.0 Å². The van der Waals surface area contributed by atoms with Crippen molar-refractivity contribution in [3.8, 4) is 17.4 Å². The van der Waals surface area contributed by atoms with E-state index in [0.29, 0.717) is 22.9 Å². The molecule has 0 amide bonds. The summed E-state index contributed by atoms with van der Waals surface area (Å²) in [4.78, 5) is 8.90. The quantitative estimate of drug-likeness (QED) is 0.305. The zero-order valence-corrected chi connectivity index (χ0v) is 20.1. The van der Waals surface area contributed by atoms with E-state index in [2.05, 4.69) is 21.9 Å². The first-order chi connectivity index (χ1) is 16.7. The number of benzene rings is 2. The second kappa shape index (κ2) is 10.5. The third-order valence-electron chi connectivity index (χ3n) is 6.16. The number of allylic oxidation sites excluding steroid dienone is 1. The van der Waals surface area contributed by atoms with E-state index in [-0.39, 0.29) is 6.04 Å². The number of H-pyrrole nitrogens is 1. The second-order valence-corrected chi connectivity index (χ2v) is 8.89. The lowest BCUT2D eigenvalue weighted by atomic mass is 9.90. The van der Waals surface area contributed by atoms with Gasteiger partial charge in [0, 0.05) is 19.2 Å². The van der Waals surface area contributed by atoms with Crippen LogP contribution in [0.25, 0.3) is 6.08 Å². The second-order valence-electron chi connectivity index (χ2n) is 8.89. The lowest BCUT2D eigenvalue weighted by molar-refractivity contribution is -0.137. The fraction of sp³-hybridized carbons (Fsp3) is 0.333. The number of hydrogen-bond acceptors (Lipinski definition) is 4. The summed E-state index contributed by atoms with van der Waals surface area (Å²) in [5.74, 6) is 2.63. The topological polar surface area (TPSA) is 58.3 Å². The van der Waals surface area contributed by atoms with E-state index in [9.17, 15) is 13.2 Å². The van der Waals surface area contributed by atoms with E-state index in [1.165, 1.54) is 11.6 Å². The summed E-state index contributed by atoms with van der Waals surface area (Å²) in [6.45, 7) is 3.63. The summed E-state index contributed by atoms with van der Waals surface area (Å²) in [6.07, 6.45) is 1.63. The van der Waals surface area contributed by atoms with Gasteiger partial charge in [-0.3, -0.25) is 0 Å². The maximum Gasteiger partial charge on any atom is 0.416 e. The molecule has 3 aromatic rings. The molecular formula is C27H30F3N3O2. The molecule has 186 valence electrons. The highest BCUT2D eigenvalue weighted by molar-refractivity contribution is 5.56. The van der Waals surface area contributed by atoms with Crippen molar-refractivity contribution in [1.82, 2.24) is 10.5 Å². The van der Waals surface area contributed by atoms with Gasteiger partial charge in [-0.15, -0.1) is 0 Å². The van der Waals surface area contributed by atoms with Crippen LogP contribution in [0.15, 0.2) is 54.1 Å². The predicted molar refractivity (Wildman–Crippen MR) is 132 cm³/mol. The third kappa shape index (κ3) is 6.39. The molecule has 1 aliphatic carbocycles. The standard InChI is InChI=1S/C27H30F3N3O2/c1-17-13-21(27(28,29)30)9-12-24(17)34-23-6-4-5-20(16-23)15-19-7-10-22(11-8-19)33-35-25-14-18(2)26(31-3)32-25/h4-6,9,12-16,22,31-33H,7-8,10-11H2,1-3H3. The molecular weight excluding hydrogens is 455 g/mol. The molecule has 1 aromatic heterocycles. The number of alkyl halides is 3. The molecule has 35 heavy (non-hydrogen) atoms. The normalized spacial score (nSPS) is 16.2. The number of rotatable bonds is 7. The number of aryl methyl sites for hydroxylation is 2. The van der Waals surface area contributed by atoms with Crippen LogP contribution in [-0.2, 0) is 6.18 Å². The van der Waals surface area contributed by atoms with Crippen LogP contribution >= 0.6 is 0 Å². The van der Waals surface area contributed by atoms with Gasteiger partial charge in [-0.05, 0) is 86.6 Å². The molecule has 8 heteroatoms. The van der Waals surface area contributed by atoms with Crippen molar-refractivity contribution in [2.24, 2.45) is 0 Å². The van der Waals surface area contributed by atoms with Gasteiger partial charge in [0.15, 0.2) is 0 Å². The summed E-state index contributed by atoms with van der Waals surface area (Å²) in [6, 6.07) is 13.3. The van der Waals surface area contributed by atoms with E-state index in [1.807, 2.05) is 38.2 Å². The average molecular weight is 486 g/mol. The van der Waals surface area contributed by atoms with Crippen LogP contribution in [0.3, 0.4) is 0 Å². The molecule has 1 aliphatic rings. The Morgan fingerprint density at radius 1 is 1.00 bits per heavy atom. The molecule has 0 spiro atoms. The molecule has 4 rings (SSSR count). The minimum atomic E-state index is -4.37. The van der Waals surface area contributed by atoms with E-state index in [4.69, 9.17) is 9.57 Å². The number of anilines is 1. The molecule has 1 heterocycles. The number of nitrogens with one attached hydrogen (secondary N) is 3. The fourth-order valence-electron chi connectivity index (χ4n) is 4.21. The molecule has 0 atom stereocenters. The highest BCUT2D eigenvalue weighted by Crippen LogP contribution is 2.34. The van der Waals surface area contributed by atoms with E-state index in [0.717, 1.165) is 54.8 Å². The number of aromatic nitrogens is 1. The minimum absolute atomic E-state index is 0.270. The maximum atomic E-state index is 12.9. The van der Waals surface area contributed by atoms with Gasteiger partial charge in [-0.2, -0.15) is 18.7 Å². The number of ether oxygens (including phenoxy) is 1. The molecule has 0 unspecified atom stereocenters. The molecule has 3 N–H and O–H groups in total. The van der Waals surface area contributed by atoms with Gasteiger partial charge in [-0.25, -0.2) is 0 Å². The zero-order valence-electron chi connectivity index (χ0n) is 20.1. The van der Waals surface area contributed by atoms with Crippen LogP contribution < -0.4 is 20.4 Å². The Morgan fingerprint density at radius 2 is 1.77 bits per heavy atom. The Morgan fingerprint density at radius 3 is 2.43 bits per heavy atom. The number of aromatic amines is 1. The molecule has 2 aromatic carbocycles. The largest absolute Gasteiger partial charge is 0.457 e. The van der Waals surface area contributed by atoms with Gasteiger partial charge < -0.3 is 19.9 Å². The van der Waals surface area contributed by atoms with Gasteiger partial charge in [0.2, 0.25) is 5.88 Å².